The highest BCUT2D eigenvalue weighted by molar-refractivity contribution is 7.08. The number of hydrogen-bond donors (Lipinski definition) is 3. The predicted molar refractivity (Wildman–Crippen MR) is 119 cm³/mol. The van der Waals surface area contributed by atoms with E-state index in [2.05, 4.69) is 44.5 Å². The molecule has 1 unspecified atom stereocenters. The van der Waals surface area contributed by atoms with Gasteiger partial charge in [-0.2, -0.15) is 11.3 Å². The fraction of sp³-hybridized carbons (Fsp3) is 0.364. The Balaban J connectivity index is 1.64. The summed E-state index contributed by atoms with van der Waals surface area (Å²) in [7, 11) is 0. The summed E-state index contributed by atoms with van der Waals surface area (Å²) < 4.78 is 2.13. The van der Waals surface area contributed by atoms with Crippen LogP contribution in [0, 0.1) is 6.92 Å². The Hall–Kier alpha value is -2.64. The molecule has 0 aliphatic heterocycles. The summed E-state index contributed by atoms with van der Waals surface area (Å²) in [6.45, 7) is 8.35. The number of thiophene rings is 1. The minimum atomic E-state index is -0.946. The number of aliphatic imine (C=N–C) groups is 1. The lowest BCUT2D eigenvalue weighted by molar-refractivity contribution is 0.0621. The van der Waals surface area contributed by atoms with E-state index in [-0.39, 0.29) is 0 Å². The van der Waals surface area contributed by atoms with Crippen molar-refractivity contribution in [1.29, 1.82) is 0 Å². The molecular weight excluding hydrogens is 382 g/mol. The average Bonchev–Trinajstić information content (AvgIpc) is 3.37. The number of hydrogen-bond acceptors (Lipinski definition) is 4. The highest BCUT2D eigenvalue weighted by atomic mass is 32.1. The molecule has 6 nitrogen and oxygen atoms in total. The zero-order chi connectivity index (χ0) is 20.7. The minimum absolute atomic E-state index is 0.384. The van der Waals surface area contributed by atoms with Crippen LogP contribution in [0.15, 0.2) is 58.5 Å². The summed E-state index contributed by atoms with van der Waals surface area (Å²) >= 11 is 1.58. The molecule has 0 aliphatic rings. The predicted octanol–water partition coefficient (Wildman–Crippen LogP) is 3.26. The van der Waals surface area contributed by atoms with E-state index in [0.717, 1.165) is 30.0 Å². The number of benzene rings is 1. The fourth-order valence-electron chi connectivity index (χ4n) is 3.03. The highest BCUT2D eigenvalue weighted by Crippen LogP contribution is 2.22. The van der Waals surface area contributed by atoms with Crippen molar-refractivity contribution in [1.82, 2.24) is 20.2 Å². The van der Waals surface area contributed by atoms with Gasteiger partial charge in [0.15, 0.2) is 5.96 Å². The monoisotopic (exact) mass is 411 g/mol. The first-order valence-corrected chi connectivity index (χ1v) is 10.7. The van der Waals surface area contributed by atoms with Crippen LogP contribution in [0.3, 0.4) is 0 Å². The second-order valence-corrected chi connectivity index (χ2v) is 8.04. The van der Waals surface area contributed by atoms with Gasteiger partial charge in [-0.1, -0.05) is 24.3 Å². The smallest absolute Gasteiger partial charge is 0.191 e. The average molecular weight is 412 g/mol. The van der Waals surface area contributed by atoms with Gasteiger partial charge in [-0.3, -0.25) is 0 Å². The van der Waals surface area contributed by atoms with E-state index in [1.165, 1.54) is 5.56 Å². The molecule has 3 aromatic rings. The number of imidazole rings is 1. The van der Waals surface area contributed by atoms with Crippen LogP contribution in [0.25, 0.3) is 0 Å². The number of nitrogens with zero attached hydrogens (tertiary/aromatic N) is 3. The molecule has 2 aromatic heterocycles. The standard InChI is InChI=1S/C22H29N5OS/c1-4-23-21(26-16-22(3,28)20-8-11-29-15-20)25-13-18-6-5-7-19(12-18)14-27-10-9-24-17(27)2/h5-12,15,28H,4,13-14,16H2,1-3H3,(H2,23,25,26). The third kappa shape index (κ3) is 5.92. The van der Waals surface area contributed by atoms with Crippen molar-refractivity contribution in [2.75, 3.05) is 13.1 Å². The zero-order valence-electron chi connectivity index (χ0n) is 17.2. The van der Waals surface area contributed by atoms with Gasteiger partial charge in [-0.25, -0.2) is 9.98 Å². The topological polar surface area (TPSA) is 74.5 Å². The van der Waals surface area contributed by atoms with E-state index in [4.69, 9.17) is 4.99 Å². The largest absolute Gasteiger partial charge is 0.384 e. The normalized spacial score (nSPS) is 13.9. The molecule has 0 bridgehead atoms. The van der Waals surface area contributed by atoms with E-state index in [0.29, 0.717) is 19.0 Å². The molecule has 2 heterocycles. The molecule has 1 aromatic carbocycles. The molecule has 0 spiro atoms. The molecule has 3 N–H and O–H groups in total. The van der Waals surface area contributed by atoms with Crippen LogP contribution in [-0.4, -0.2) is 33.7 Å². The fourth-order valence-corrected chi connectivity index (χ4v) is 3.82. The second-order valence-electron chi connectivity index (χ2n) is 7.26. The number of nitrogens with one attached hydrogen (secondary N) is 2. The Labute approximate surface area is 176 Å². The number of guanidine groups is 1. The first kappa shape index (κ1) is 21.1. The summed E-state index contributed by atoms with van der Waals surface area (Å²) in [5, 5.41) is 21.2. The second kappa shape index (κ2) is 9.71. The van der Waals surface area contributed by atoms with E-state index >= 15 is 0 Å². The van der Waals surface area contributed by atoms with E-state index < -0.39 is 5.60 Å². The third-order valence-corrected chi connectivity index (χ3v) is 5.46. The van der Waals surface area contributed by atoms with Crippen molar-refractivity contribution in [3.63, 3.8) is 0 Å². The molecule has 7 heteroatoms. The first-order chi connectivity index (χ1) is 14.0. The summed E-state index contributed by atoms with van der Waals surface area (Å²) in [6, 6.07) is 10.4. The van der Waals surface area contributed by atoms with Crippen molar-refractivity contribution in [2.45, 2.75) is 39.5 Å². The van der Waals surface area contributed by atoms with E-state index in [1.54, 1.807) is 11.3 Å². The molecule has 0 saturated carbocycles. The van der Waals surface area contributed by atoms with Gasteiger partial charge in [0.05, 0.1) is 13.1 Å². The van der Waals surface area contributed by atoms with Crippen LogP contribution in [0.1, 0.15) is 36.4 Å². The Morgan fingerprint density at radius 2 is 2.10 bits per heavy atom. The lowest BCUT2D eigenvalue weighted by Crippen LogP contribution is -2.44. The Morgan fingerprint density at radius 3 is 2.79 bits per heavy atom. The molecule has 154 valence electrons. The van der Waals surface area contributed by atoms with Gasteiger partial charge < -0.3 is 20.3 Å². The van der Waals surface area contributed by atoms with Crippen LogP contribution < -0.4 is 10.6 Å². The maximum atomic E-state index is 10.7. The molecular formula is C22H29N5OS. The lowest BCUT2D eigenvalue weighted by Gasteiger charge is -2.24. The molecule has 0 fully saturated rings. The number of rotatable bonds is 8. The maximum absolute atomic E-state index is 10.7. The quantitative estimate of drug-likeness (QED) is 0.393. The van der Waals surface area contributed by atoms with Crippen molar-refractivity contribution < 1.29 is 5.11 Å². The van der Waals surface area contributed by atoms with Gasteiger partial charge in [0.2, 0.25) is 0 Å². The van der Waals surface area contributed by atoms with Gasteiger partial charge in [0, 0.05) is 25.5 Å². The number of aliphatic hydroxyl groups is 1. The summed E-state index contributed by atoms with van der Waals surface area (Å²) in [5.74, 6) is 1.70. The Morgan fingerprint density at radius 1 is 1.28 bits per heavy atom. The van der Waals surface area contributed by atoms with Crippen LogP contribution in [0.5, 0.6) is 0 Å². The highest BCUT2D eigenvalue weighted by Gasteiger charge is 2.23. The van der Waals surface area contributed by atoms with Gasteiger partial charge in [0.25, 0.3) is 0 Å². The van der Waals surface area contributed by atoms with Gasteiger partial charge in [0.1, 0.15) is 11.4 Å². The maximum Gasteiger partial charge on any atom is 0.191 e. The molecule has 1 atom stereocenters. The van der Waals surface area contributed by atoms with Crippen LogP contribution in [-0.2, 0) is 18.7 Å². The van der Waals surface area contributed by atoms with Gasteiger partial charge in [-0.05, 0) is 54.3 Å². The summed E-state index contributed by atoms with van der Waals surface area (Å²) in [6.07, 6.45) is 3.82. The molecule has 29 heavy (non-hydrogen) atoms. The Kier molecular flexibility index (Phi) is 7.06. The zero-order valence-corrected chi connectivity index (χ0v) is 18.0. The van der Waals surface area contributed by atoms with Crippen molar-refractivity contribution in [3.8, 4) is 0 Å². The van der Waals surface area contributed by atoms with Crippen molar-refractivity contribution >= 4 is 17.3 Å². The van der Waals surface area contributed by atoms with Crippen LogP contribution in [0.2, 0.25) is 0 Å². The Bertz CT molecular complexity index is 930. The molecule has 3 rings (SSSR count). The first-order valence-electron chi connectivity index (χ1n) is 9.80. The molecule has 0 saturated heterocycles. The van der Waals surface area contributed by atoms with E-state index in [1.807, 2.05) is 50.0 Å². The number of aromatic nitrogens is 2. The van der Waals surface area contributed by atoms with Crippen molar-refractivity contribution in [2.24, 2.45) is 4.99 Å². The minimum Gasteiger partial charge on any atom is -0.384 e. The van der Waals surface area contributed by atoms with Gasteiger partial charge >= 0.3 is 0 Å². The van der Waals surface area contributed by atoms with Crippen LogP contribution in [0.4, 0.5) is 0 Å². The summed E-state index contributed by atoms with van der Waals surface area (Å²) in [4.78, 5) is 8.97. The molecule has 0 radical (unpaired) electrons. The SMILES string of the molecule is CCNC(=NCc1cccc(Cn2ccnc2C)c1)NCC(C)(O)c1ccsc1. The summed E-state index contributed by atoms with van der Waals surface area (Å²) in [5.41, 5.74) is 2.33. The van der Waals surface area contributed by atoms with E-state index in [9.17, 15) is 5.11 Å². The molecule has 0 amide bonds. The molecule has 0 aliphatic carbocycles. The van der Waals surface area contributed by atoms with Gasteiger partial charge in [-0.15, -0.1) is 0 Å². The lowest BCUT2D eigenvalue weighted by atomic mass is 9.99. The van der Waals surface area contributed by atoms with Crippen LogP contribution >= 0.6 is 11.3 Å². The number of aryl methyl sites for hydroxylation is 1. The van der Waals surface area contributed by atoms with Crippen molar-refractivity contribution in [3.05, 3.63) is 76.0 Å². The third-order valence-electron chi connectivity index (χ3n) is 4.78.